The van der Waals surface area contributed by atoms with Crippen molar-refractivity contribution in [3.8, 4) is 0 Å². The molecule has 7 heteroatoms. The van der Waals surface area contributed by atoms with Crippen molar-refractivity contribution in [3.05, 3.63) is 41.7 Å². The molecule has 3 rings (SSSR count). The predicted octanol–water partition coefficient (Wildman–Crippen LogP) is 1.57. The van der Waals surface area contributed by atoms with Gasteiger partial charge in [0.05, 0.1) is 11.2 Å². The van der Waals surface area contributed by atoms with Crippen LogP contribution < -0.4 is 16.6 Å². The van der Waals surface area contributed by atoms with Gasteiger partial charge in [-0.1, -0.05) is 12.1 Å². The van der Waals surface area contributed by atoms with Crippen molar-refractivity contribution in [1.82, 2.24) is 19.7 Å². The standard InChI is InChI=1S/C14H17N7/c1-9-10(8-21(2)20-9)7-16-13-11-5-3-4-6-12(11)17-14(18-13)19-15/h3-6,8H,7,15H2,1-2H3,(H2,16,17,18,19). The number of nitrogens with one attached hydrogen (secondary N) is 2. The molecule has 3 aromatic rings. The van der Waals surface area contributed by atoms with Gasteiger partial charge in [-0.3, -0.25) is 10.1 Å². The zero-order chi connectivity index (χ0) is 14.8. The van der Waals surface area contributed by atoms with Gasteiger partial charge in [-0.2, -0.15) is 10.1 Å². The van der Waals surface area contributed by atoms with Crippen LogP contribution in [-0.4, -0.2) is 19.7 Å². The summed E-state index contributed by atoms with van der Waals surface area (Å²) in [4.78, 5) is 8.71. The SMILES string of the molecule is Cc1nn(C)cc1CNc1nc(NN)nc2ccccc12. The molecule has 0 amide bonds. The summed E-state index contributed by atoms with van der Waals surface area (Å²) in [6.07, 6.45) is 1.99. The van der Waals surface area contributed by atoms with Crippen molar-refractivity contribution in [1.29, 1.82) is 0 Å². The summed E-state index contributed by atoms with van der Waals surface area (Å²) in [6.45, 7) is 2.63. The highest BCUT2D eigenvalue weighted by Gasteiger charge is 2.08. The van der Waals surface area contributed by atoms with E-state index in [-0.39, 0.29) is 0 Å². The van der Waals surface area contributed by atoms with Gasteiger partial charge >= 0.3 is 0 Å². The van der Waals surface area contributed by atoms with Crippen LogP contribution >= 0.6 is 0 Å². The number of hydrogen-bond acceptors (Lipinski definition) is 6. The number of nitrogens with zero attached hydrogens (tertiary/aromatic N) is 4. The van der Waals surface area contributed by atoms with Crippen molar-refractivity contribution >= 4 is 22.7 Å². The molecule has 4 N–H and O–H groups in total. The molecule has 0 spiro atoms. The fourth-order valence-electron chi connectivity index (χ4n) is 2.28. The van der Waals surface area contributed by atoms with Gasteiger partial charge in [0, 0.05) is 30.7 Å². The average Bonchev–Trinajstić information content (AvgIpc) is 2.82. The first kappa shape index (κ1) is 13.3. The molecule has 2 heterocycles. The third-order valence-electron chi connectivity index (χ3n) is 3.29. The molecule has 21 heavy (non-hydrogen) atoms. The van der Waals surface area contributed by atoms with Gasteiger partial charge in [-0.15, -0.1) is 0 Å². The lowest BCUT2D eigenvalue weighted by atomic mass is 10.2. The number of hydrogen-bond donors (Lipinski definition) is 3. The molecule has 0 bridgehead atoms. The molecule has 2 aromatic heterocycles. The van der Waals surface area contributed by atoms with E-state index in [4.69, 9.17) is 5.84 Å². The zero-order valence-electron chi connectivity index (χ0n) is 12.0. The minimum atomic E-state index is 0.388. The highest BCUT2D eigenvalue weighted by molar-refractivity contribution is 5.89. The maximum Gasteiger partial charge on any atom is 0.239 e. The Morgan fingerprint density at radius 1 is 1.24 bits per heavy atom. The van der Waals surface area contributed by atoms with E-state index in [1.54, 1.807) is 4.68 Å². The van der Waals surface area contributed by atoms with E-state index < -0.39 is 0 Å². The summed E-state index contributed by atoms with van der Waals surface area (Å²) in [5.74, 6) is 6.56. The molecule has 0 saturated heterocycles. The van der Waals surface area contributed by atoms with Crippen LogP contribution in [0.25, 0.3) is 10.9 Å². The number of aryl methyl sites for hydroxylation is 2. The molecule has 0 radical (unpaired) electrons. The van der Waals surface area contributed by atoms with Crippen LogP contribution in [0.15, 0.2) is 30.5 Å². The Labute approximate surface area is 122 Å². The van der Waals surface area contributed by atoms with E-state index >= 15 is 0 Å². The number of aromatic nitrogens is 4. The summed E-state index contributed by atoms with van der Waals surface area (Å²) in [6, 6.07) is 7.80. The summed E-state index contributed by atoms with van der Waals surface area (Å²) in [5.41, 5.74) is 5.46. The number of benzene rings is 1. The van der Waals surface area contributed by atoms with Gasteiger partial charge < -0.3 is 5.32 Å². The summed E-state index contributed by atoms with van der Waals surface area (Å²) >= 11 is 0. The first-order valence-electron chi connectivity index (χ1n) is 6.64. The summed E-state index contributed by atoms with van der Waals surface area (Å²) < 4.78 is 1.80. The number of fused-ring (bicyclic) bond motifs is 1. The molecule has 1 aromatic carbocycles. The fraction of sp³-hybridized carbons (Fsp3) is 0.214. The predicted molar refractivity (Wildman–Crippen MR) is 82.6 cm³/mol. The third kappa shape index (κ3) is 2.63. The van der Waals surface area contributed by atoms with E-state index in [0.29, 0.717) is 12.5 Å². The first-order chi connectivity index (χ1) is 10.2. The number of rotatable bonds is 4. The Morgan fingerprint density at radius 2 is 2.05 bits per heavy atom. The van der Waals surface area contributed by atoms with Crippen molar-refractivity contribution in [2.24, 2.45) is 12.9 Å². The number of nitrogen functional groups attached to an aromatic ring is 1. The van der Waals surface area contributed by atoms with Crippen LogP contribution in [-0.2, 0) is 13.6 Å². The molecule has 108 valence electrons. The monoisotopic (exact) mass is 283 g/mol. The lowest BCUT2D eigenvalue weighted by molar-refractivity contribution is 0.756. The normalized spacial score (nSPS) is 10.8. The van der Waals surface area contributed by atoms with Crippen LogP contribution in [0.4, 0.5) is 11.8 Å². The van der Waals surface area contributed by atoms with Crippen LogP contribution in [0.1, 0.15) is 11.3 Å². The van der Waals surface area contributed by atoms with Crippen LogP contribution in [0.3, 0.4) is 0 Å². The second-order valence-electron chi connectivity index (χ2n) is 4.82. The number of nitrogens with two attached hydrogens (primary N) is 1. The second kappa shape index (κ2) is 5.37. The zero-order valence-corrected chi connectivity index (χ0v) is 12.0. The Hall–Kier alpha value is -2.67. The summed E-state index contributed by atoms with van der Waals surface area (Å²) in [5, 5.41) is 8.62. The maximum absolute atomic E-state index is 5.43. The van der Waals surface area contributed by atoms with E-state index in [0.717, 1.165) is 28.0 Å². The van der Waals surface area contributed by atoms with Gasteiger partial charge in [0.1, 0.15) is 5.82 Å². The highest BCUT2D eigenvalue weighted by atomic mass is 15.3. The van der Waals surface area contributed by atoms with E-state index in [1.165, 1.54) is 0 Å². The van der Waals surface area contributed by atoms with Gasteiger partial charge in [0.25, 0.3) is 0 Å². The van der Waals surface area contributed by atoms with Crippen LogP contribution in [0.2, 0.25) is 0 Å². The van der Waals surface area contributed by atoms with Crippen molar-refractivity contribution in [3.63, 3.8) is 0 Å². The van der Waals surface area contributed by atoms with Gasteiger partial charge in [-0.05, 0) is 19.1 Å². The smallest absolute Gasteiger partial charge is 0.239 e. The lowest BCUT2D eigenvalue weighted by Gasteiger charge is -2.10. The minimum absolute atomic E-state index is 0.388. The molecule has 0 unspecified atom stereocenters. The molecule has 0 aliphatic heterocycles. The Kier molecular flexibility index (Phi) is 3.41. The van der Waals surface area contributed by atoms with E-state index in [2.05, 4.69) is 25.8 Å². The fourth-order valence-corrected chi connectivity index (χ4v) is 2.28. The number of hydrazine groups is 1. The molecule has 0 atom stereocenters. The highest BCUT2D eigenvalue weighted by Crippen LogP contribution is 2.22. The van der Waals surface area contributed by atoms with E-state index in [9.17, 15) is 0 Å². The molecular formula is C14H17N7. The van der Waals surface area contributed by atoms with Crippen molar-refractivity contribution in [2.75, 3.05) is 10.7 Å². The Morgan fingerprint density at radius 3 is 2.76 bits per heavy atom. The quantitative estimate of drug-likeness (QED) is 0.497. The minimum Gasteiger partial charge on any atom is -0.365 e. The molecule has 0 aliphatic carbocycles. The molecule has 0 saturated carbocycles. The van der Waals surface area contributed by atoms with Gasteiger partial charge in [0.2, 0.25) is 5.95 Å². The van der Waals surface area contributed by atoms with E-state index in [1.807, 2.05) is 44.4 Å². The summed E-state index contributed by atoms with van der Waals surface area (Å²) in [7, 11) is 1.91. The van der Waals surface area contributed by atoms with Crippen LogP contribution in [0, 0.1) is 6.92 Å². The first-order valence-corrected chi connectivity index (χ1v) is 6.64. The topological polar surface area (TPSA) is 93.7 Å². The molecule has 7 nitrogen and oxygen atoms in total. The third-order valence-corrected chi connectivity index (χ3v) is 3.29. The van der Waals surface area contributed by atoms with Gasteiger partial charge in [-0.25, -0.2) is 10.8 Å². The molecular weight excluding hydrogens is 266 g/mol. The van der Waals surface area contributed by atoms with Crippen LogP contribution in [0.5, 0.6) is 0 Å². The number of para-hydroxylation sites is 1. The van der Waals surface area contributed by atoms with Gasteiger partial charge in [0.15, 0.2) is 0 Å². The molecule has 0 aliphatic rings. The average molecular weight is 283 g/mol. The largest absolute Gasteiger partial charge is 0.365 e. The Balaban J connectivity index is 1.94. The lowest BCUT2D eigenvalue weighted by Crippen LogP contribution is -2.12. The van der Waals surface area contributed by atoms with Crippen molar-refractivity contribution in [2.45, 2.75) is 13.5 Å². The maximum atomic E-state index is 5.43. The molecule has 0 fully saturated rings. The van der Waals surface area contributed by atoms with Crippen molar-refractivity contribution < 1.29 is 0 Å². The number of anilines is 2. The second-order valence-corrected chi connectivity index (χ2v) is 4.82. The Bertz CT molecular complexity index is 778.